The number of nitrogens with one attached hydrogen (secondary N) is 1. The Hall–Kier alpha value is -1.21. The predicted molar refractivity (Wildman–Crippen MR) is 75.8 cm³/mol. The molecule has 1 aromatic heterocycles. The zero-order chi connectivity index (χ0) is 14.6. The predicted octanol–water partition coefficient (Wildman–Crippen LogP) is 0.594. The van der Waals surface area contributed by atoms with Gasteiger partial charge in [-0.15, -0.1) is 0 Å². The summed E-state index contributed by atoms with van der Waals surface area (Å²) in [7, 11) is 1.59. The summed E-state index contributed by atoms with van der Waals surface area (Å²) in [5, 5.41) is 12.9. The van der Waals surface area contributed by atoms with Crippen LogP contribution in [0.15, 0.2) is 18.3 Å². The Morgan fingerprint density at radius 1 is 1.35 bits per heavy atom. The van der Waals surface area contributed by atoms with E-state index >= 15 is 0 Å². The van der Waals surface area contributed by atoms with Crippen LogP contribution < -0.4 is 10.1 Å². The summed E-state index contributed by atoms with van der Waals surface area (Å²) in [5.41, 5.74) is 1.06. The van der Waals surface area contributed by atoms with Gasteiger partial charge in [-0.2, -0.15) is 0 Å². The van der Waals surface area contributed by atoms with E-state index in [1.54, 1.807) is 13.3 Å². The van der Waals surface area contributed by atoms with Gasteiger partial charge in [0.15, 0.2) is 0 Å². The normalized spacial score (nSPS) is 12.3. The van der Waals surface area contributed by atoms with E-state index in [1.165, 1.54) is 0 Å². The van der Waals surface area contributed by atoms with Gasteiger partial charge in [0.2, 0.25) is 5.88 Å². The first-order chi connectivity index (χ1) is 9.76. The van der Waals surface area contributed by atoms with Gasteiger partial charge in [0.1, 0.15) is 0 Å². The number of hydrogen-bond acceptors (Lipinski definition) is 6. The third-order valence-electron chi connectivity index (χ3n) is 2.60. The summed E-state index contributed by atoms with van der Waals surface area (Å²) in [6.45, 7) is 5.11. The fraction of sp³-hybridized carbons (Fsp3) is 0.643. The molecule has 1 unspecified atom stereocenters. The summed E-state index contributed by atoms with van der Waals surface area (Å²) in [6.07, 6.45) is 1.17. The molecule has 114 valence electrons. The Bertz CT molecular complexity index is 363. The molecule has 20 heavy (non-hydrogen) atoms. The minimum absolute atomic E-state index is 0.305. The van der Waals surface area contributed by atoms with Crippen molar-refractivity contribution >= 4 is 0 Å². The van der Waals surface area contributed by atoms with Crippen LogP contribution in [0.25, 0.3) is 0 Å². The highest BCUT2D eigenvalue weighted by atomic mass is 16.5. The molecule has 0 spiro atoms. The standard InChI is InChI=1S/C14H24N2O4/c1-3-19-6-7-20-11-13(17)10-15-9-12-4-5-16-14(8-12)18-2/h4-5,8,13,15,17H,3,6-7,9-11H2,1-2H3. The Labute approximate surface area is 120 Å². The monoisotopic (exact) mass is 284 g/mol. The molecule has 1 rings (SSSR count). The second-order valence-corrected chi connectivity index (χ2v) is 4.26. The molecule has 1 aromatic rings. The maximum Gasteiger partial charge on any atom is 0.213 e. The lowest BCUT2D eigenvalue weighted by Gasteiger charge is -2.12. The van der Waals surface area contributed by atoms with Gasteiger partial charge in [-0.05, 0) is 18.6 Å². The number of ether oxygens (including phenoxy) is 3. The fourth-order valence-corrected chi connectivity index (χ4v) is 1.60. The molecule has 1 atom stereocenters. The Balaban J connectivity index is 2.10. The van der Waals surface area contributed by atoms with E-state index in [9.17, 15) is 5.11 Å². The molecule has 0 aliphatic rings. The molecular weight excluding hydrogens is 260 g/mol. The lowest BCUT2D eigenvalue weighted by molar-refractivity contribution is 0.00642. The van der Waals surface area contributed by atoms with Crippen molar-refractivity contribution in [2.24, 2.45) is 0 Å². The first kappa shape index (κ1) is 16.8. The molecule has 0 aliphatic carbocycles. The molecule has 0 aliphatic heterocycles. The van der Waals surface area contributed by atoms with Gasteiger partial charge in [-0.25, -0.2) is 4.98 Å². The molecule has 0 saturated carbocycles. The molecule has 0 bridgehead atoms. The number of aromatic nitrogens is 1. The van der Waals surface area contributed by atoms with E-state index in [1.807, 2.05) is 19.1 Å². The number of pyridine rings is 1. The second-order valence-electron chi connectivity index (χ2n) is 4.26. The van der Waals surface area contributed by atoms with Crippen LogP contribution in [-0.2, 0) is 16.0 Å². The minimum atomic E-state index is -0.527. The van der Waals surface area contributed by atoms with Crippen molar-refractivity contribution in [1.82, 2.24) is 10.3 Å². The smallest absolute Gasteiger partial charge is 0.213 e. The third-order valence-corrected chi connectivity index (χ3v) is 2.60. The van der Waals surface area contributed by atoms with Gasteiger partial charge in [-0.3, -0.25) is 0 Å². The maximum atomic E-state index is 9.72. The van der Waals surface area contributed by atoms with Crippen molar-refractivity contribution in [2.75, 3.05) is 40.1 Å². The quantitative estimate of drug-likeness (QED) is 0.580. The zero-order valence-electron chi connectivity index (χ0n) is 12.2. The van der Waals surface area contributed by atoms with Crippen LogP contribution in [0, 0.1) is 0 Å². The van der Waals surface area contributed by atoms with Crippen molar-refractivity contribution in [3.63, 3.8) is 0 Å². The fourth-order valence-electron chi connectivity index (χ4n) is 1.60. The summed E-state index contributed by atoms with van der Waals surface area (Å²) in [5.74, 6) is 0.587. The first-order valence-corrected chi connectivity index (χ1v) is 6.79. The molecule has 0 fully saturated rings. The summed E-state index contributed by atoms with van der Waals surface area (Å²) >= 11 is 0. The number of aliphatic hydroxyl groups is 1. The molecule has 6 nitrogen and oxygen atoms in total. The van der Waals surface area contributed by atoms with Crippen molar-refractivity contribution in [1.29, 1.82) is 0 Å². The second kappa shape index (κ2) is 10.6. The third kappa shape index (κ3) is 7.40. The molecule has 0 amide bonds. The lowest BCUT2D eigenvalue weighted by Crippen LogP contribution is -2.30. The van der Waals surface area contributed by atoms with E-state index in [4.69, 9.17) is 14.2 Å². The molecular formula is C14H24N2O4. The van der Waals surface area contributed by atoms with E-state index in [0.717, 1.165) is 5.56 Å². The van der Waals surface area contributed by atoms with Crippen LogP contribution in [0.5, 0.6) is 5.88 Å². The molecule has 2 N–H and O–H groups in total. The number of methoxy groups -OCH3 is 1. The van der Waals surface area contributed by atoms with Crippen LogP contribution >= 0.6 is 0 Å². The van der Waals surface area contributed by atoms with Crippen LogP contribution in [-0.4, -0.2) is 56.3 Å². The van der Waals surface area contributed by atoms with Crippen molar-refractivity contribution < 1.29 is 19.3 Å². The Morgan fingerprint density at radius 2 is 2.15 bits per heavy atom. The highest BCUT2D eigenvalue weighted by molar-refractivity contribution is 5.20. The maximum absolute atomic E-state index is 9.72. The van der Waals surface area contributed by atoms with E-state index in [0.29, 0.717) is 45.4 Å². The number of hydrogen-bond donors (Lipinski definition) is 2. The van der Waals surface area contributed by atoms with Crippen LogP contribution in [0.3, 0.4) is 0 Å². The largest absolute Gasteiger partial charge is 0.481 e. The van der Waals surface area contributed by atoms with E-state index < -0.39 is 6.10 Å². The number of nitrogens with zero attached hydrogens (tertiary/aromatic N) is 1. The van der Waals surface area contributed by atoms with Gasteiger partial charge in [0.25, 0.3) is 0 Å². The Morgan fingerprint density at radius 3 is 2.90 bits per heavy atom. The van der Waals surface area contributed by atoms with Gasteiger partial charge in [0.05, 0.1) is 33.0 Å². The summed E-state index contributed by atoms with van der Waals surface area (Å²) < 4.78 is 15.5. The average Bonchev–Trinajstić information content (AvgIpc) is 2.47. The van der Waals surface area contributed by atoms with Crippen LogP contribution in [0.4, 0.5) is 0 Å². The molecule has 0 radical (unpaired) electrons. The van der Waals surface area contributed by atoms with Gasteiger partial charge in [-0.1, -0.05) is 0 Å². The van der Waals surface area contributed by atoms with E-state index in [2.05, 4.69) is 10.3 Å². The summed E-state index contributed by atoms with van der Waals surface area (Å²) in [6, 6.07) is 3.76. The number of aliphatic hydroxyl groups excluding tert-OH is 1. The van der Waals surface area contributed by atoms with Gasteiger partial charge in [0, 0.05) is 32.0 Å². The van der Waals surface area contributed by atoms with Crippen molar-refractivity contribution in [2.45, 2.75) is 19.6 Å². The topological polar surface area (TPSA) is 72.8 Å². The van der Waals surface area contributed by atoms with Crippen molar-refractivity contribution in [3.05, 3.63) is 23.9 Å². The molecule has 0 saturated heterocycles. The number of rotatable bonds is 11. The first-order valence-electron chi connectivity index (χ1n) is 6.79. The van der Waals surface area contributed by atoms with Gasteiger partial charge >= 0.3 is 0 Å². The highest BCUT2D eigenvalue weighted by Gasteiger charge is 2.04. The lowest BCUT2D eigenvalue weighted by atomic mass is 10.2. The van der Waals surface area contributed by atoms with Crippen molar-refractivity contribution in [3.8, 4) is 5.88 Å². The van der Waals surface area contributed by atoms with E-state index in [-0.39, 0.29) is 0 Å². The molecule has 1 heterocycles. The Kier molecular flexibility index (Phi) is 8.90. The SMILES string of the molecule is CCOCCOCC(O)CNCc1ccnc(OC)c1. The minimum Gasteiger partial charge on any atom is -0.481 e. The molecule has 6 heteroatoms. The average molecular weight is 284 g/mol. The van der Waals surface area contributed by atoms with Crippen LogP contribution in [0.1, 0.15) is 12.5 Å². The summed E-state index contributed by atoms with van der Waals surface area (Å²) in [4.78, 5) is 4.03. The molecule has 0 aromatic carbocycles. The van der Waals surface area contributed by atoms with Gasteiger partial charge < -0.3 is 24.6 Å². The highest BCUT2D eigenvalue weighted by Crippen LogP contribution is 2.07. The zero-order valence-corrected chi connectivity index (χ0v) is 12.2. The van der Waals surface area contributed by atoms with Crippen LogP contribution in [0.2, 0.25) is 0 Å².